The Morgan fingerprint density at radius 3 is 2.87 bits per heavy atom. The molecule has 1 amide bonds. The Morgan fingerprint density at radius 2 is 2.40 bits per heavy atom. The third kappa shape index (κ3) is 2.31. The van der Waals surface area contributed by atoms with E-state index in [4.69, 9.17) is 0 Å². The van der Waals surface area contributed by atoms with Crippen molar-refractivity contribution in [3.8, 4) is 0 Å². The monoisotopic (exact) mass is 226 g/mol. The minimum Gasteiger partial charge on any atom is -0.348 e. The Labute approximate surface area is 92.4 Å². The molecule has 1 aromatic heterocycles. The maximum Gasteiger partial charge on any atom is 0.291 e. The van der Waals surface area contributed by atoms with E-state index in [1.807, 2.05) is 11.8 Å². The topological polar surface area (TPSA) is 70.7 Å². The standard InChI is InChI=1S/C9H14N4OS/c1-6-11-7(13-12-6)8(14)10-5-9(15-2)3-4-9/h3-5H2,1-2H3,(H,10,14)(H,11,12,13). The van der Waals surface area contributed by atoms with Gasteiger partial charge < -0.3 is 5.32 Å². The lowest BCUT2D eigenvalue weighted by atomic mass is 10.4. The van der Waals surface area contributed by atoms with Crippen LogP contribution in [0.5, 0.6) is 0 Å². The van der Waals surface area contributed by atoms with E-state index in [0.29, 0.717) is 12.4 Å². The van der Waals surface area contributed by atoms with Crippen LogP contribution in [0.4, 0.5) is 0 Å². The molecule has 1 saturated carbocycles. The summed E-state index contributed by atoms with van der Waals surface area (Å²) in [6.07, 6.45) is 4.44. The van der Waals surface area contributed by atoms with Crippen LogP contribution in [0.25, 0.3) is 0 Å². The van der Waals surface area contributed by atoms with E-state index in [-0.39, 0.29) is 16.5 Å². The number of H-pyrrole nitrogens is 1. The van der Waals surface area contributed by atoms with Crippen LogP contribution in [-0.2, 0) is 0 Å². The second-order valence-electron chi connectivity index (χ2n) is 3.81. The first-order valence-corrected chi connectivity index (χ1v) is 6.10. The fourth-order valence-corrected chi connectivity index (χ4v) is 2.08. The molecule has 0 aliphatic heterocycles. The summed E-state index contributed by atoms with van der Waals surface area (Å²) in [5, 5.41) is 9.32. The molecule has 1 fully saturated rings. The van der Waals surface area contributed by atoms with E-state index in [0.717, 1.165) is 0 Å². The molecule has 1 aromatic rings. The zero-order valence-electron chi connectivity index (χ0n) is 8.83. The number of thioether (sulfide) groups is 1. The number of aryl methyl sites for hydroxylation is 1. The highest BCUT2D eigenvalue weighted by atomic mass is 32.2. The van der Waals surface area contributed by atoms with Gasteiger partial charge in [-0.1, -0.05) is 0 Å². The first-order chi connectivity index (χ1) is 7.15. The summed E-state index contributed by atoms with van der Waals surface area (Å²) in [6, 6.07) is 0. The van der Waals surface area contributed by atoms with E-state index in [1.54, 1.807) is 6.92 Å². The van der Waals surface area contributed by atoms with Crippen molar-refractivity contribution in [2.45, 2.75) is 24.5 Å². The highest BCUT2D eigenvalue weighted by Crippen LogP contribution is 2.46. The molecule has 82 valence electrons. The van der Waals surface area contributed by atoms with E-state index in [1.165, 1.54) is 12.8 Å². The average molecular weight is 226 g/mol. The van der Waals surface area contributed by atoms with Gasteiger partial charge in [-0.3, -0.25) is 9.89 Å². The van der Waals surface area contributed by atoms with Gasteiger partial charge in [-0.25, -0.2) is 4.98 Å². The predicted octanol–water partition coefficient (Wildman–Crippen LogP) is 0.739. The molecular formula is C9H14N4OS. The molecule has 0 radical (unpaired) electrons. The Bertz CT molecular complexity index is 372. The minimum absolute atomic E-state index is 0.195. The molecule has 15 heavy (non-hydrogen) atoms. The Kier molecular flexibility index (Phi) is 2.68. The number of carbonyl (C=O) groups excluding carboxylic acids is 1. The van der Waals surface area contributed by atoms with Crippen molar-refractivity contribution >= 4 is 17.7 Å². The number of carbonyl (C=O) groups is 1. The van der Waals surface area contributed by atoms with Gasteiger partial charge in [0.05, 0.1) is 0 Å². The molecule has 0 aromatic carbocycles. The number of nitrogens with zero attached hydrogens (tertiary/aromatic N) is 2. The first-order valence-electron chi connectivity index (χ1n) is 4.88. The molecule has 5 nitrogen and oxygen atoms in total. The van der Waals surface area contributed by atoms with Gasteiger partial charge in [0.15, 0.2) is 0 Å². The molecule has 0 saturated heterocycles. The maximum atomic E-state index is 11.6. The number of aromatic amines is 1. The van der Waals surface area contributed by atoms with Crippen molar-refractivity contribution in [1.82, 2.24) is 20.5 Å². The smallest absolute Gasteiger partial charge is 0.291 e. The zero-order valence-corrected chi connectivity index (χ0v) is 9.65. The highest BCUT2D eigenvalue weighted by Gasteiger charge is 2.42. The summed E-state index contributed by atoms with van der Waals surface area (Å²) in [4.78, 5) is 15.6. The van der Waals surface area contributed by atoms with E-state index in [2.05, 4.69) is 26.8 Å². The van der Waals surface area contributed by atoms with Crippen LogP contribution in [0.3, 0.4) is 0 Å². The first kappa shape index (κ1) is 10.5. The SMILES string of the molecule is CSC1(CNC(=O)c2n[nH]c(C)n2)CC1. The number of amides is 1. The normalized spacial score (nSPS) is 17.5. The van der Waals surface area contributed by atoms with Crippen molar-refractivity contribution in [2.75, 3.05) is 12.8 Å². The lowest BCUT2D eigenvalue weighted by Gasteiger charge is -2.11. The van der Waals surface area contributed by atoms with Crippen LogP contribution in [0.2, 0.25) is 0 Å². The molecule has 2 N–H and O–H groups in total. The summed E-state index contributed by atoms with van der Waals surface area (Å²) in [5.74, 6) is 0.690. The van der Waals surface area contributed by atoms with Gasteiger partial charge in [-0.15, -0.1) is 5.10 Å². The lowest BCUT2D eigenvalue weighted by molar-refractivity contribution is 0.0943. The Hall–Kier alpha value is -1.04. The van der Waals surface area contributed by atoms with E-state index < -0.39 is 0 Å². The Morgan fingerprint density at radius 1 is 1.67 bits per heavy atom. The van der Waals surface area contributed by atoms with Gasteiger partial charge in [-0.05, 0) is 26.0 Å². The molecule has 0 atom stereocenters. The van der Waals surface area contributed by atoms with Crippen LogP contribution in [-0.4, -0.2) is 38.6 Å². The van der Waals surface area contributed by atoms with Gasteiger partial charge >= 0.3 is 0 Å². The highest BCUT2D eigenvalue weighted by molar-refractivity contribution is 8.00. The molecule has 1 heterocycles. The van der Waals surface area contributed by atoms with Gasteiger partial charge in [0.1, 0.15) is 5.82 Å². The molecule has 0 unspecified atom stereocenters. The van der Waals surface area contributed by atoms with Crippen molar-refractivity contribution in [3.05, 3.63) is 11.6 Å². The molecule has 0 spiro atoms. The lowest BCUT2D eigenvalue weighted by Crippen LogP contribution is -2.32. The van der Waals surface area contributed by atoms with Gasteiger partial charge in [-0.2, -0.15) is 11.8 Å². The van der Waals surface area contributed by atoms with Crippen molar-refractivity contribution in [3.63, 3.8) is 0 Å². The van der Waals surface area contributed by atoms with Gasteiger partial charge in [0.2, 0.25) is 5.82 Å². The number of nitrogens with one attached hydrogen (secondary N) is 2. The second-order valence-corrected chi connectivity index (χ2v) is 5.09. The number of hydrogen-bond donors (Lipinski definition) is 2. The van der Waals surface area contributed by atoms with Crippen LogP contribution < -0.4 is 5.32 Å². The van der Waals surface area contributed by atoms with Gasteiger partial charge in [0, 0.05) is 11.3 Å². The summed E-state index contributed by atoms with van der Waals surface area (Å²) in [5.41, 5.74) is 0. The number of rotatable bonds is 4. The quantitative estimate of drug-likeness (QED) is 0.794. The van der Waals surface area contributed by atoms with E-state index in [9.17, 15) is 4.79 Å². The molecule has 2 rings (SSSR count). The van der Waals surface area contributed by atoms with Crippen LogP contribution in [0.1, 0.15) is 29.3 Å². The van der Waals surface area contributed by atoms with Crippen LogP contribution in [0, 0.1) is 6.92 Å². The summed E-state index contributed by atoms with van der Waals surface area (Å²) in [7, 11) is 0. The van der Waals surface area contributed by atoms with E-state index >= 15 is 0 Å². The van der Waals surface area contributed by atoms with Crippen molar-refractivity contribution < 1.29 is 4.79 Å². The van der Waals surface area contributed by atoms with Crippen LogP contribution >= 0.6 is 11.8 Å². The van der Waals surface area contributed by atoms with Crippen molar-refractivity contribution in [1.29, 1.82) is 0 Å². The van der Waals surface area contributed by atoms with Crippen LogP contribution in [0.15, 0.2) is 0 Å². The average Bonchev–Trinajstić information content (AvgIpc) is 2.90. The Balaban J connectivity index is 1.88. The molecule has 6 heteroatoms. The largest absolute Gasteiger partial charge is 0.348 e. The summed E-state index contributed by atoms with van der Waals surface area (Å²) < 4.78 is 0.279. The summed E-state index contributed by atoms with van der Waals surface area (Å²) in [6.45, 7) is 2.48. The molecule has 0 bridgehead atoms. The number of hydrogen-bond acceptors (Lipinski definition) is 4. The second kappa shape index (κ2) is 3.84. The molecular weight excluding hydrogens is 212 g/mol. The maximum absolute atomic E-state index is 11.6. The molecule has 1 aliphatic carbocycles. The van der Waals surface area contributed by atoms with Gasteiger partial charge in [0.25, 0.3) is 5.91 Å². The third-order valence-electron chi connectivity index (χ3n) is 2.61. The minimum atomic E-state index is -0.195. The zero-order chi connectivity index (χ0) is 10.9. The van der Waals surface area contributed by atoms with Crippen molar-refractivity contribution in [2.24, 2.45) is 0 Å². The predicted molar refractivity (Wildman–Crippen MR) is 58.9 cm³/mol. The summed E-state index contributed by atoms with van der Waals surface area (Å²) >= 11 is 1.82. The molecule has 1 aliphatic rings. The third-order valence-corrected chi connectivity index (χ3v) is 4.03. The fraction of sp³-hybridized carbons (Fsp3) is 0.667. The fourth-order valence-electron chi connectivity index (χ4n) is 1.36. The number of aromatic nitrogens is 3.